The molecule has 6 heteroatoms. The Hall–Kier alpha value is -1.85. The lowest BCUT2D eigenvalue weighted by Crippen LogP contribution is -2.37. The van der Waals surface area contributed by atoms with Crippen molar-refractivity contribution in [3.8, 4) is 0 Å². The first-order valence-electron chi connectivity index (χ1n) is 6.47. The summed E-state index contributed by atoms with van der Waals surface area (Å²) in [7, 11) is 1.16. The van der Waals surface area contributed by atoms with Crippen LogP contribution in [0, 0.1) is 0 Å². The van der Waals surface area contributed by atoms with Crippen molar-refractivity contribution in [3.63, 3.8) is 0 Å². The molecular weight excluding hydrogens is 184 g/mol. The molecule has 2 aromatic rings. The van der Waals surface area contributed by atoms with Crippen LogP contribution in [0.2, 0.25) is 0 Å². The minimum atomic E-state index is -1.75. The van der Waals surface area contributed by atoms with E-state index in [4.69, 9.17) is 6.85 Å². The van der Waals surface area contributed by atoms with Gasteiger partial charge in [-0.15, -0.1) is 0 Å². The molecule has 0 aliphatic heterocycles. The summed E-state index contributed by atoms with van der Waals surface area (Å²) in [5.41, 5.74) is -2.33. The van der Waals surface area contributed by atoms with Crippen LogP contribution in [-0.2, 0) is 21.0 Å². The smallest absolute Gasteiger partial charge is 0.328 e. The van der Waals surface area contributed by atoms with E-state index in [2.05, 4.69) is 4.98 Å². The molecule has 2 aromatic heterocycles. The normalized spacial score (nSPS) is 16.6. The molecule has 74 valence electrons. The Bertz CT molecular complexity index is 759. The zero-order valence-electron chi connectivity index (χ0n) is 12.3. The van der Waals surface area contributed by atoms with Crippen molar-refractivity contribution in [2.45, 2.75) is 0 Å². The van der Waals surface area contributed by atoms with Crippen LogP contribution in [0.25, 0.3) is 11.2 Å². The van der Waals surface area contributed by atoms with Crippen molar-refractivity contribution < 1.29 is 6.85 Å². The Morgan fingerprint density at radius 1 is 1.43 bits per heavy atom. The van der Waals surface area contributed by atoms with E-state index in [0.717, 1.165) is 11.6 Å². The van der Waals surface area contributed by atoms with E-state index in [0.29, 0.717) is 9.13 Å². The van der Waals surface area contributed by atoms with Crippen LogP contribution in [-0.4, -0.2) is 18.7 Å². The van der Waals surface area contributed by atoms with E-state index in [1.54, 1.807) is 0 Å². The molecule has 0 fully saturated rings. The van der Waals surface area contributed by atoms with E-state index in [-0.39, 0.29) is 11.2 Å². The maximum Gasteiger partial charge on any atom is 0.332 e. The van der Waals surface area contributed by atoms with Crippen LogP contribution in [0.15, 0.2) is 15.9 Å². The van der Waals surface area contributed by atoms with Crippen molar-refractivity contribution in [1.29, 1.82) is 0 Å². The molecule has 0 saturated heterocycles. The molecule has 2 heterocycles. The summed E-state index contributed by atoms with van der Waals surface area (Å²) in [6.45, 7) is -3.44. The maximum atomic E-state index is 12.0. The molecule has 0 aromatic carbocycles. The molecule has 0 amide bonds. The SMILES string of the molecule is [2H]c1nc2c(c(=O)n(C)c(=O)n2C([2H])[2H])n1C([2H])[2H]. The van der Waals surface area contributed by atoms with Crippen molar-refractivity contribution >= 4 is 11.2 Å². The number of imidazole rings is 1. The third-order valence-electron chi connectivity index (χ3n) is 1.94. The summed E-state index contributed by atoms with van der Waals surface area (Å²) in [5, 5.41) is 0. The van der Waals surface area contributed by atoms with Crippen molar-refractivity contribution in [2.24, 2.45) is 21.0 Å². The average Bonchev–Trinajstić information content (AvgIpc) is 2.63. The summed E-state index contributed by atoms with van der Waals surface area (Å²) in [5.74, 6) is 0. The van der Waals surface area contributed by atoms with Gasteiger partial charge in [0.1, 0.15) is 1.37 Å². The Morgan fingerprint density at radius 2 is 2.21 bits per heavy atom. The standard InChI is InChI=1S/C8H10N4O2/c1-10-4-9-6-5(10)7(13)12(3)8(14)11(6)2/h4H,1-3H3/i1D2,2D2,4D. The predicted molar refractivity (Wildman–Crippen MR) is 51.2 cm³/mol. The van der Waals surface area contributed by atoms with Gasteiger partial charge < -0.3 is 4.57 Å². The third-order valence-corrected chi connectivity index (χ3v) is 1.94. The quantitative estimate of drug-likeness (QED) is 0.545. The van der Waals surface area contributed by atoms with Gasteiger partial charge in [-0.05, 0) is 0 Å². The summed E-state index contributed by atoms with van der Waals surface area (Å²) in [6.07, 6.45) is -0.540. The molecule has 0 unspecified atom stereocenters. The molecule has 0 radical (unpaired) electrons. The highest BCUT2D eigenvalue weighted by Crippen LogP contribution is 2.01. The van der Waals surface area contributed by atoms with Crippen LogP contribution in [0.3, 0.4) is 0 Å². The Balaban J connectivity index is 3.12. The van der Waals surface area contributed by atoms with Crippen molar-refractivity contribution in [3.05, 3.63) is 27.1 Å². The Kier molecular flexibility index (Phi) is 0.841. The Morgan fingerprint density at radius 3 is 2.86 bits per heavy atom. The fraction of sp³-hybridized carbons (Fsp3) is 0.375. The van der Waals surface area contributed by atoms with E-state index < -0.39 is 31.6 Å². The van der Waals surface area contributed by atoms with Gasteiger partial charge in [-0.2, -0.15) is 0 Å². The second-order valence-electron chi connectivity index (χ2n) is 2.77. The fourth-order valence-corrected chi connectivity index (χ4v) is 1.18. The van der Waals surface area contributed by atoms with Crippen LogP contribution < -0.4 is 11.2 Å². The van der Waals surface area contributed by atoms with E-state index in [1.807, 2.05) is 0 Å². The molecular formula is C8H10N4O2. The highest BCUT2D eigenvalue weighted by atomic mass is 16.2. The number of aromatic nitrogens is 4. The van der Waals surface area contributed by atoms with Crippen molar-refractivity contribution in [1.82, 2.24) is 18.7 Å². The lowest BCUT2D eigenvalue weighted by atomic mass is 10.5. The third kappa shape index (κ3) is 0.876. The van der Waals surface area contributed by atoms with Gasteiger partial charge >= 0.3 is 5.69 Å². The highest BCUT2D eigenvalue weighted by Gasteiger charge is 2.11. The molecule has 0 aliphatic carbocycles. The van der Waals surface area contributed by atoms with Crippen molar-refractivity contribution in [2.75, 3.05) is 0 Å². The number of hydrogen-bond donors (Lipinski definition) is 0. The number of hydrogen-bond acceptors (Lipinski definition) is 3. The lowest BCUT2D eigenvalue weighted by molar-refractivity contribution is 0.705. The zero-order chi connectivity index (χ0) is 14.5. The van der Waals surface area contributed by atoms with Gasteiger partial charge in [0.2, 0.25) is 0 Å². The predicted octanol–water partition coefficient (Wildman–Crippen LogP) is -1.03. The number of fused-ring (bicyclic) bond motifs is 1. The molecule has 0 bridgehead atoms. The topological polar surface area (TPSA) is 61.8 Å². The van der Waals surface area contributed by atoms with E-state index in [9.17, 15) is 9.59 Å². The second kappa shape index (κ2) is 2.57. The van der Waals surface area contributed by atoms with Gasteiger partial charge in [0, 0.05) is 26.5 Å². The first kappa shape index (κ1) is 4.59. The van der Waals surface area contributed by atoms with E-state index in [1.165, 1.54) is 0 Å². The van der Waals surface area contributed by atoms with Gasteiger partial charge in [0.15, 0.2) is 11.2 Å². The fourth-order valence-electron chi connectivity index (χ4n) is 1.18. The van der Waals surface area contributed by atoms with Gasteiger partial charge in [-0.3, -0.25) is 13.9 Å². The highest BCUT2D eigenvalue weighted by molar-refractivity contribution is 5.69. The molecule has 2 rings (SSSR count). The molecule has 0 saturated carbocycles. The van der Waals surface area contributed by atoms with Gasteiger partial charge in [-0.1, -0.05) is 0 Å². The van der Waals surface area contributed by atoms with Gasteiger partial charge in [-0.25, -0.2) is 9.78 Å². The van der Waals surface area contributed by atoms with Crippen LogP contribution in [0.4, 0.5) is 0 Å². The first-order chi connectivity index (χ1) is 8.77. The summed E-state index contributed by atoms with van der Waals surface area (Å²) in [4.78, 5) is 27.4. The minimum absolute atomic E-state index is 0.299. The second-order valence-corrected chi connectivity index (χ2v) is 2.77. The monoisotopic (exact) mass is 199 g/mol. The largest absolute Gasteiger partial charge is 0.332 e. The summed E-state index contributed by atoms with van der Waals surface area (Å²) >= 11 is 0. The van der Waals surface area contributed by atoms with E-state index >= 15 is 0 Å². The number of rotatable bonds is 0. The van der Waals surface area contributed by atoms with Gasteiger partial charge in [0.25, 0.3) is 5.56 Å². The number of nitrogens with zero attached hydrogens (tertiary/aromatic N) is 4. The molecule has 0 aliphatic rings. The van der Waals surface area contributed by atoms with Gasteiger partial charge in [0.05, 0.1) is 6.30 Å². The summed E-state index contributed by atoms with van der Waals surface area (Å²) < 4.78 is 38.7. The maximum absolute atomic E-state index is 12.0. The van der Waals surface area contributed by atoms with Crippen LogP contribution >= 0.6 is 0 Å². The molecule has 0 spiro atoms. The molecule has 6 nitrogen and oxygen atoms in total. The molecule has 0 atom stereocenters. The lowest BCUT2D eigenvalue weighted by Gasteiger charge is -2.02. The van der Waals surface area contributed by atoms with Crippen LogP contribution in [0.1, 0.15) is 6.85 Å². The molecule has 0 N–H and O–H groups in total. The number of aryl methyl sites for hydroxylation is 2. The first-order valence-corrected chi connectivity index (χ1v) is 3.66. The van der Waals surface area contributed by atoms with Crippen LogP contribution in [0.5, 0.6) is 0 Å². The average molecular weight is 199 g/mol. The summed E-state index contributed by atoms with van der Waals surface area (Å²) in [6, 6.07) is 0. The Labute approximate surface area is 86.1 Å². The molecule has 14 heavy (non-hydrogen) atoms. The minimum Gasteiger partial charge on any atom is -0.328 e. The zero-order valence-corrected chi connectivity index (χ0v) is 7.26.